The van der Waals surface area contributed by atoms with E-state index < -0.39 is 0 Å². The number of para-hydroxylation sites is 1. The fourth-order valence-corrected chi connectivity index (χ4v) is 2.16. The molecule has 2 N–H and O–H groups in total. The van der Waals surface area contributed by atoms with Gasteiger partial charge in [0.15, 0.2) is 0 Å². The van der Waals surface area contributed by atoms with Crippen molar-refractivity contribution >= 4 is 0 Å². The quantitative estimate of drug-likeness (QED) is 0.738. The lowest BCUT2D eigenvalue weighted by molar-refractivity contribution is 0.176. The van der Waals surface area contributed by atoms with Crippen molar-refractivity contribution in [1.29, 1.82) is 0 Å². The number of hydrogen-bond acceptors (Lipinski definition) is 2. The van der Waals surface area contributed by atoms with E-state index in [4.69, 9.17) is 10.5 Å². The van der Waals surface area contributed by atoms with E-state index in [2.05, 4.69) is 32.0 Å². The van der Waals surface area contributed by atoms with Crippen LogP contribution in [0.3, 0.4) is 0 Å². The van der Waals surface area contributed by atoms with Crippen molar-refractivity contribution in [2.75, 3.05) is 6.54 Å². The van der Waals surface area contributed by atoms with Crippen molar-refractivity contribution < 1.29 is 4.74 Å². The van der Waals surface area contributed by atoms with Gasteiger partial charge in [-0.25, -0.2) is 0 Å². The lowest BCUT2D eigenvalue weighted by atomic mass is 9.89. The highest BCUT2D eigenvalue weighted by Crippen LogP contribution is 2.37. The number of nitrogens with two attached hydrogens (primary N) is 1. The second-order valence-electron chi connectivity index (χ2n) is 4.09. The Morgan fingerprint density at radius 2 is 2.29 bits per heavy atom. The Kier molecular flexibility index (Phi) is 2.46. The van der Waals surface area contributed by atoms with Crippen LogP contribution in [0.4, 0.5) is 0 Å². The van der Waals surface area contributed by atoms with E-state index in [0.29, 0.717) is 12.5 Å². The molecule has 1 aliphatic heterocycles. The molecule has 2 rings (SSSR count). The topological polar surface area (TPSA) is 35.2 Å². The second kappa shape index (κ2) is 3.62. The van der Waals surface area contributed by atoms with E-state index >= 15 is 0 Å². The summed E-state index contributed by atoms with van der Waals surface area (Å²) in [7, 11) is 0. The summed E-state index contributed by atoms with van der Waals surface area (Å²) < 4.78 is 5.84. The summed E-state index contributed by atoms with van der Waals surface area (Å²) in [5.74, 6) is 1.52. The van der Waals surface area contributed by atoms with Crippen molar-refractivity contribution in [3.05, 3.63) is 29.3 Å². The molecule has 2 atom stereocenters. The van der Waals surface area contributed by atoms with Gasteiger partial charge in [0, 0.05) is 5.92 Å². The molecule has 0 radical (unpaired) electrons. The maximum absolute atomic E-state index is 5.84. The third-order valence-corrected chi connectivity index (χ3v) is 2.90. The number of fused-ring (bicyclic) bond motifs is 1. The van der Waals surface area contributed by atoms with Crippen molar-refractivity contribution in [2.24, 2.45) is 5.73 Å². The Morgan fingerprint density at radius 3 is 3.00 bits per heavy atom. The van der Waals surface area contributed by atoms with E-state index in [1.54, 1.807) is 0 Å². The predicted octanol–water partition coefficient (Wildman–Crippen LogP) is 2.21. The molecule has 1 heterocycles. The molecule has 0 aromatic heterocycles. The lowest BCUT2D eigenvalue weighted by Gasteiger charge is -2.30. The zero-order chi connectivity index (χ0) is 10.1. The maximum atomic E-state index is 5.84. The smallest absolute Gasteiger partial charge is 0.126 e. The third-order valence-electron chi connectivity index (χ3n) is 2.90. The van der Waals surface area contributed by atoms with Crippen LogP contribution in [-0.2, 0) is 0 Å². The van der Waals surface area contributed by atoms with Gasteiger partial charge < -0.3 is 10.5 Å². The van der Waals surface area contributed by atoms with E-state index in [1.807, 2.05) is 0 Å². The van der Waals surface area contributed by atoms with Crippen LogP contribution < -0.4 is 10.5 Å². The molecular weight excluding hydrogens is 174 g/mol. The van der Waals surface area contributed by atoms with Gasteiger partial charge in [-0.3, -0.25) is 0 Å². The molecule has 14 heavy (non-hydrogen) atoms. The van der Waals surface area contributed by atoms with Gasteiger partial charge in [0.2, 0.25) is 0 Å². The number of hydrogen-bond donors (Lipinski definition) is 1. The van der Waals surface area contributed by atoms with Gasteiger partial charge in [0.05, 0.1) is 6.10 Å². The number of benzene rings is 1. The minimum atomic E-state index is 0.289. The summed E-state index contributed by atoms with van der Waals surface area (Å²) in [6, 6.07) is 6.30. The van der Waals surface area contributed by atoms with Crippen molar-refractivity contribution in [3.8, 4) is 5.75 Å². The molecule has 2 nitrogen and oxygen atoms in total. The van der Waals surface area contributed by atoms with Gasteiger partial charge in [0.25, 0.3) is 0 Å². The van der Waals surface area contributed by atoms with Crippen LogP contribution in [0.2, 0.25) is 0 Å². The molecule has 0 amide bonds. The van der Waals surface area contributed by atoms with Gasteiger partial charge in [-0.05, 0) is 37.9 Å². The molecule has 0 saturated carbocycles. The van der Waals surface area contributed by atoms with E-state index in [-0.39, 0.29) is 6.10 Å². The van der Waals surface area contributed by atoms with Crippen molar-refractivity contribution in [2.45, 2.75) is 32.3 Å². The molecule has 1 aromatic rings. The van der Waals surface area contributed by atoms with E-state index in [9.17, 15) is 0 Å². The average Bonchev–Trinajstić information content (AvgIpc) is 2.18. The monoisotopic (exact) mass is 191 g/mol. The summed E-state index contributed by atoms with van der Waals surface area (Å²) in [6.07, 6.45) is 1.32. The van der Waals surface area contributed by atoms with Gasteiger partial charge in [-0.15, -0.1) is 0 Å². The first-order chi connectivity index (χ1) is 6.72. The van der Waals surface area contributed by atoms with Gasteiger partial charge in [-0.2, -0.15) is 0 Å². The molecule has 76 valence electrons. The first-order valence-electron chi connectivity index (χ1n) is 5.18. The molecule has 1 aromatic carbocycles. The standard InChI is InChI=1S/C12H17NO/c1-8-4-3-5-11-10(7-13)6-9(2)14-12(8)11/h3-5,9-10H,6-7,13H2,1-2H3. The highest BCUT2D eigenvalue weighted by molar-refractivity contribution is 5.44. The molecule has 0 fully saturated rings. The molecular formula is C12H17NO. The van der Waals surface area contributed by atoms with Gasteiger partial charge >= 0.3 is 0 Å². The average molecular weight is 191 g/mol. The Hall–Kier alpha value is -1.02. The fraction of sp³-hybridized carbons (Fsp3) is 0.500. The molecule has 1 aliphatic rings. The van der Waals surface area contributed by atoms with Crippen LogP contribution in [0.1, 0.15) is 30.4 Å². The van der Waals surface area contributed by atoms with E-state index in [1.165, 1.54) is 11.1 Å². The predicted molar refractivity (Wildman–Crippen MR) is 57.7 cm³/mol. The molecule has 0 bridgehead atoms. The summed E-state index contributed by atoms with van der Waals surface area (Å²) in [4.78, 5) is 0. The van der Waals surface area contributed by atoms with Gasteiger partial charge in [0.1, 0.15) is 5.75 Å². The molecule has 0 spiro atoms. The Balaban J connectivity index is 2.45. The number of aryl methyl sites for hydroxylation is 1. The first-order valence-corrected chi connectivity index (χ1v) is 5.18. The second-order valence-corrected chi connectivity index (χ2v) is 4.09. The highest BCUT2D eigenvalue weighted by atomic mass is 16.5. The molecule has 2 unspecified atom stereocenters. The Bertz CT molecular complexity index is 335. The number of ether oxygens (including phenoxy) is 1. The highest BCUT2D eigenvalue weighted by Gasteiger charge is 2.25. The van der Waals surface area contributed by atoms with Crippen LogP contribution in [0.25, 0.3) is 0 Å². The lowest BCUT2D eigenvalue weighted by Crippen LogP contribution is -2.27. The van der Waals surface area contributed by atoms with Crippen LogP contribution >= 0.6 is 0 Å². The third kappa shape index (κ3) is 1.50. The SMILES string of the molecule is Cc1cccc2c1OC(C)CC2CN. The summed E-state index contributed by atoms with van der Waals surface area (Å²) in [5, 5.41) is 0. The largest absolute Gasteiger partial charge is 0.490 e. The summed E-state index contributed by atoms with van der Waals surface area (Å²) in [6.45, 7) is 4.91. The van der Waals surface area contributed by atoms with Crippen LogP contribution in [0, 0.1) is 6.92 Å². The van der Waals surface area contributed by atoms with Crippen LogP contribution in [0.15, 0.2) is 18.2 Å². The normalized spacial score (nSPS) is 25.4. The van der Waals surface area contributed by atoms with E-state index in [0.717, 1.165) is 12.2 Å². The number of rotatable bonds is 1. The minimum Gasteiger partial charge on any atom is -0.490 e. The zero-order valence-electron chi connectivity index (χ0n) is 8.79. The summed E-state index contributed by atoms with van der Waals surface area (Å²) >= 11 is 0. The maximum Gasteiger partial charge on any atom is 0.126 e. The first kappa shape index (κ1) is 9.53. The van der Waals surface area contributed by atoms with Crippen molar-refractivity contribution in [3.63, 3.8) is 0 Å². The molecule has 2 heteroatoms. The fourth-order valence-electron chi connectivity index (χ4n) is 2.16. The zero-order valence-corrected chi connectivity index (χ0v) is 8.79. The van der Waals surface area contributed by atoms with Crippen LogP contribution in [-0.4, -0.2) is 12.6 Å². The summed E-state index contributed by atoms with van der Waals surface area (Å²) in [5.41, 5.74) is 8.27. The molecule has 0 aliphatic carbocycles. The van der Waals surface area contributed by atoms with Crippen LogP contribution in [0.5, 0.6) is 5.75 Å². The molecule has 0 saturated heterocycles. The Labute approximate surface area is 85.1 Å². The van der Waals surface area contributed by atoms with Gasteiger partial charge in [-0.1, -0.05) is 18.2 Å². The minimum absolute atomic E-state index is 0.289. The Morgan fingerprint density at radius 1 is 1.50 bits per heavy atom. The van der Waals surface area contributed by atoms with Crippen molar-refractivity contribution in [1.82, 2.24) is 0 Å².